The summed E-state index contributed by atoms with van der Waals surface area (Å²) < 4.78 is 18.5. The van der Waals surface area contributed by atoms with E-state index in [0.29, 0.717) is 6.54 Å². The Hall–Kier alpha value is -1.05. The van der Waals surface area contributed by atoms with E-state index in [1.165, 1.54) is 26.0 Å². The van der Waals surface area contributed by atoms with Gasteiger partial charge in [0.05, 0.1) is 13.7 Å². The third kappa shape index (κ3) is 5.01. The fourth-order valence-corrected chi connectivity index (χ4v) is 2.33. The minimum Gasteiger partial charge on any atom is -0.494 e. The Balaban J connectivity index is 0.00000220. The van der Waals surface area contributed by atoms with Crippen LogP contribution in [0.5, 0.6) is 5.75 Å². The second-order valence-corrected chi connectivity index (χ2v) is 4.83. The third-order valence-electron chi connectivity index (χ3n) is 3.37. The van der Waals surface area contributed by atoms with Crippen LogP contribution in [-0.4, -0.2) is 37.6 Å². The van der Waals surface area contributed by atoms with Crippen molar-refractivity contribution in [3.05, 3.63) is 29.6 Å². The fraction of sp³-hybridized carbons (Fsp3) is 0.533. The molecule has 6 heteroatoms. The summed E-state index contributed by atoms with van der Waals surface area (Å²) in [5, 5.41) is 3.29. The molecule has 0 radical (unpaired) electrons. The molecule has 1 fully saturated rings. The zero-order chi connectivity index (χ0) is 14.4. The van der Waals surface area contributed by atoms with E-state index in [2.05, 4.69) is 22.1 Å². The van der Waals surface area contributed by atoms with Gasteiger partial charge in [-0.1, -0.05) is 6.07 Å². The second-order valence-electron chi connectivity index (χ2n) is 4.83. The van der Waals surface area contributed by atoms with E-state index >= 15 is 0 Å². The monoisotopic (exact) mass is 407 g/mol. The molecule has 0 unspecified atom stereocenters. The number of guanidine groups is 1. The molecule has 0 amide bonds. The van der Waals surface area contributed by atoms with Crippen molar-refractivity contribution in [1.82, 2.24) is 10.2 Å². The number of halogens is 2. The van der Waals surface area contributed by atoms with Gasteiger partial charge in [0.15, 0.2) is 17.5 Å². The lowest BCUT2D eigenvalue weighted by molar-refractivity contribution is 0.386. The van der Waals surface area contributed by atoms with Crippen LogP contribution in [0, 0.1) is 5.82 Å². The number of benzene rings is 1. The van der Waals surface area contributed by atoms with E-state index < -0.39 is 0 Å². The number of hydrogen-bond acceptors (Lipinski definition) is 2. The van der Waals surface area contributed by atoms with Crippen LogP contribution in [0.4, 0.5) is 4.39 Å². The van der Waals surface area contributed by atoms with Crippen molar-refractivity contribution in [3.63, 3.8) is 0 Å². The minimum atomic E-state index is -0.341. The van der Waals surface area contributed by atoms with Crippen molar-refractivity contribution in [1.29, 1.82) is 0 Å². The van der Waals surface area contributed by atoms with E-state index in [-0.39, 0.29) is 35.5 Å². The van der Waals surface area contributed by atoms with Crippen LogP contribution in [0.25, 0.3) is 0 Å². The number of nitrogens with one attached hydrogen (secondary N) is 1. The highest BCUT2D eigenvalue weighted by Gasteiger charge is 2.15. The van der Waals surface area contributed by atoms with E-state index in [4.69, 9.17) is 4.74 Å². The van der Waals surface area contributed by atoms with Gasteiger partial charge >= 0.3 is 0 Å². The number of aliphatic imine (C=N–C) groups is 1. The Morgan fingerprint density at radius 3 is 2.67 bits per heavy atom. The summed E-state index contributed by atoms with van der Waals surface area (Å²) >= 11 is 0. The van der Waals surface area contributed by atoms with Gasteiger partial charge in [-0.05, 0) is 37.5 Å². The maximum atomic E-state index is 13.6. The predicted molar refractivity (Wildman–Crippen MR) is 94.0 cm³/mol. The van der Waals surface area contributed by atoms with Crippen molar-refractivity contribution >= 4 is 29.9 Å². The lowest BCUT2D eigenvalue weighted by Gasteiger charge is -2.20. The molecule has 0 spiro atoms. The van der Waals surface area contributed by atoms with Gasteiger partial charge in [0, 0.05) is 19.6 Å². The smallest absolute Gasteiger partial charge is 0.194 e. The summed E-state index contributed by atoms with van der Waals surface area (Å²) in [6.07, 6.45) is 2.42. The molecule has 118 valence electrons. The number of hydrogen-bond donors (Lipinski definition) is 1. The van der Waals surface area contributed by atoms with Gasteiger partial charge in [-0.25, -0.2) is 9.38 Å². The minimum absolute atomic E-state index is 0. The molecule has 1 N–H and O–H groups in total. The molecular weight excluding hydrogens is 384 g/mol. The molecule has 21 heavy (non-hydrogen) atoms. The average molecular weight is 407 g/mol. The maximum absolute atomic E-state index is 13.6. The first kappa shape index (κ1) is 18.0. The number of ether oxygens (including phenoxy) is 1. The van der Waals surface area contributed by atoms with Crippen LogP contribution in [0.3, 0.4) is 0 Å². The van der Waals surface area contributed by atoms with Crippen LogP contribution in [-0.2, 0) is 6.54 Å². The zero-order valence-corrected chi connectivity index (χ0v) is 14.9. The molecule has 0 aromatic heterocycles. The molecule has 1 saturated heterocycles. The van der Waals surface area contributed by atoms with Crippen LogP contribution in [0.1, 0.15) is 25.3 Å². The van der Waals surface area contributed by atoms with E-state index in [0.717, 1.165) is 31.2 Å². The number of methoxy groups -OCH3 is 1. The predicted octanol–water partition coefficient (Wildman–Crippen LogP) is 3.01. The van der Waals surface area contributed by atoms with Gasteiger partial charge in [0.1, 0.15) is 0 Å². The molecule has 4 nitrogen and oxygen atoms in total. The van der Waals surface area contributed by atoms with Crippen LogP contribution < -0.4 is 10.1 Å². The molecule has 0 saturated carbocycles. The molecule has 1 aromatic carbocycles. The Morgan fingerprint density at radius 2 is 2.10 bits per heavy atom. The van der Waals surface area contributed by atoms with Crippen molar-refractivity contribution < 1.29 is 9.13 Å². The largest absolute Gasteiger partial charge is 0.494 e. The first-order chi connectivity index (χ1) is 9.74. The van der Waals surface area contributed by atoms with Crippen LogP contribution in [0.15, 0.2) is 23.2 Å². The van der Waals surface area contributed by atoms with Crippen LogP contribution in [0.2, 0.25) is 0 Å². The Morgan fingerprint density at radius 1 is 1.38 bits per heavy atom. The first-order valence-electron chi connectivity index (χ1n) is 7.10. The van der Waals surface area contributed by atoms with E-state index in [1.807, 2.05) is 6.07 Å². The van der Waals surface area contributed by atoms with Gasteiger partial charge < -0.3 is 15.0 Å². The average Bonchev–Trinajstić information content (AvgIpc) is 2.97. The standard InChI is InChI=1S/C15H22FN3O.HI/c1-3-17-15(19-8-4-5-9-19)18-11-12-6-7-14(20-2)13(16)10-12;/h6-7,10H,3-5,8-9,11H2,1-2H3,(H,17,18);1H. The highest BCUT2D eigenvalue weighted by molar-refractivity contribution is 14.0. The normalized spacial score (nSPS) is 14.8. The lowest BCUT2D eigenvalue weighted by Crippen LogP contribution is -2.39. The Kier molecular flexibility index (Phi) is 7.77. The molecule has 0 aliphatic carbocycles. The molecule has 1 aliphatic heterocycles. The summed E-state index contributed by atoms with van der Waals surface area (Å²) in [7, 11) is 1.47. The number of nitrogens with zero attached hydrogens (tertiary/aromatic N) is 2. The SMILES string of the molecule is CCNC(=NCc1ccc(OC)c(F)c1)N1CCCC1.I. The summed E-state index contributed by atoms with van der Waals surface area (Å²) in [6.45, 7) is 5.45. The van der Waals surface area contributed by atoms with Crippen molar-refractivity contribution in [3.8, 4) is 5.75 Å². The molecule has 0 atom stereocenters. The highest BCUT2D eigenvalue weighted by Crippen LogP contribution is 2.18. The number of rotatable bonds is 4. The van der Waals surface area contributed by atoms with Crippen molar-refractivity contribution in [2.24, 2.45) is 4.99 Å². The topological polar surface area (TPSA) is 36.9 Å². The fourth-order valence-electron chi connectivity index (χ4n) is 2.33. The molecule has 1 heterocycles. The molecule has 2 rings (SSSR count). The third-order valence-corrected chi connectivity index (χ3v) is 3.37. The van der Waals surface area contributed by atoms with Gasteiger partial charge in [-0.3, -0.25) is 0 Å². The number of likely N-dealkylation sites (tertiary alicyclic amines) is 1. The zero-order valence-electron chi connectivity index (χ0n) is 12.6. The molecule has 0 bridgehead atoms. The van der Waals surface area contributed by atoms with Crippen molar-refractivity contribution in [2.75, 3.05) is 26.7 Å². The molecule has 1 aliphatic rings. The Labute approximate surface area is 142 Å². The van der Waals surface area contributed by atoms with Gasteiger partial charge in [0.2, 0.25) is 0 Å². The van der Waals surface area contributed by atoms with Crippen LogP contribution >= 0.6 is 24.0 Å². The quantitative estimate of drug-likeness (QED) is 0.474. The molecular formula is C15H23FIN3O. The highest BCUT2D eigenvalue weighted by atomic mass is 127. The van der Waals surface area contributed by atoms with E-state index in [1.54, 1.807) is 6.07 Å². The summed E-state index contributed by atoms with van der Waals surface area (Å²) in [4.78, 5) is 6.84. The molecule has 1 aromatic rings. The van der Waals surface area contributed by atoms with Gasteiger partial charge in [-0.2, -0.15) is 0 Å². The first-order valence-corrected chi connectivity index (χ1v) is 7.10. The lowest BCUT2D eigenvalue weighted by atomic mass is 10.2. The van der Waals surface area contributed by atoms with Gasteiger partial charge in [-0.15, -0.1) is 24.0 Å². The Bertz CT molecular complexity index is 476. The second kappa shape index (κ2) is 9.07. The summed E-state index contributed by atoms with van der Waals surface area (Å²) in [6, 6.07) is 4.97. The van der Waals surface area contributed by atoms with Gasteiger partial charge in [0.25, 0.3) is 0 Å². The maximum Gasteiger partial charge on any atom is 0.194 e. The summed E-state index contributed by atoms with van der Waals surface area (Å²) in [5.74, 6) is 0.844. The summed E-state index contributed by atoms with van der Waals surface area (Å²) in [5.41, 5.74) is 0.845. The van der Waals surface area contributed by atoms with Crippen molar-refractivity contribution in [2.45, 2.75) is 26.3 Å². The van der Waals surface area contributed by atoms with E-state index in [9.17, 15) is 4.39 Å².